The number of pyridine rings is 1. The van der Waals surface area contributed by atoms with Gasteiger partial charge in [0.25, 0.3) is 0 Å². The molecule has 2 amide bonds. The molecule has 3 aliphatic rings. The Balaban J connectivity index is 1.43. The van der Waals surface area contributed by atoms with Gasteiger partial charge in [-0.3, -0.25) is 14.7 Å². The van der Waals surface area contributed by atoms with Crippen LogP contribution in [0.4, 0.5) is 16.2 Å². The van der Waals surface area contributed by atoms with E-state index in [2.05, 4.69) is 29.4 Å². The predicted molar refractivity (Wildman–Crippen MR) is 133 cm³/mol. The van der Waals surface area contributed by atoms with Gasteiger partial charge in [0.15, 0.2) is 0 Å². The molecule has 1 aromatic carbocycles. The fourth-order valence-corrected chi connectivity index (χ4v) is 5.07. The van der Waals surface area contributed by atoms with Crippen molar-refractivity contribution in [2.45, 2.75) is 71.1 Å². The first-order valence-electron chi connectivity index (χ1n) is 12.5. The third-order valence-electron chi connectivity index (χ3n) is 7.21. The second-order valence-electron chi connectivity index (χ2n) is 10.1. The summed E-state index contributed by atoms with van der Waals surface area (Å²) in [6, 6.07) is 10.4. The number of aromatic nitrogens is 1. The quantitative estimate of drug-likeness (QED) is 0.722. The topological polar surface area (TPSA) is 74.8 Å². The number of hydrogen-bond acceptors (Lipinski definition) is 5. The van der Waals surface area contributed by atoms with Gasteiger partial charge in [0.1, 0.15) is 6.10 Å². The minimum atomic E-state index is -0.354. The first-order valence-corrected chi connectivity index (χ1v) is 12.5. The van der Waals surface area contributed by atoms with Crippen molar-refractivity contribution < 1.29 is 14.3 Å². The molecule has 2 aliphatic heterocycles. The van der Waals surface area contributed by atoms with Gasteiger partial charge < -0.3 is 15.0 Å². The van der Waals surface area contributed by atoms with Crippen molar-refractivity contribution in [1.82, 2.24) is 10.3 Å². The lowest BCUT2D eigenvalue weighted by molar-refractivity contribution is -0.117. The van der Waals surface area contributed by atoms with Gasteiger partial charge in [0.05, 0.1) is 17.4 Å². The zero-order valence-electron chi connectivity index (χ0n) is 20.3. The zero-order chi connectivity index (χ0) is 23.8. The number of rotatable bonds is 4. The Morgan fingerprint density at radius 1 is 1.06 bits per heavy atom. The smallest absolute Gasteiger partial charge is 0.414 e. The molecule has 2 fully saturated rings. The average Bonchev–Trinajstić information content (AvgIpc) is 3.64. The largest absolute Gasteiger partial charge is 0.444 e. The van der Waals surface area contributed by atoms with Gasteiger partial charge in [-0.05, 0) is 75.6 Å². The summed E-state index contributed by atoms with van der Waals surface area (Å²) in [6.45, 7) is 6.74. The minimum absolute atomic E-state index is 0.0360. The lowest BCUT2D eigenvalue weighted by Crippen LogP contribution is -2.52. The first-order chi connectivity index (χ1) is 16.4. The van der Waals surface area contributed by atoms with Crippen LogP contribution in [0.15, 0.2) is 36.5 Å². The van der Waals surface area contributed by atoms with E-state index < -0.39 is 0 Å². The monoisotopic (exact) mass is 462 g/mol. The van der Waals surface area contributed by atoms with Gasteiger partial charge in [0.2, 0.25) is 5.91 Å². The highest BCUT2D eigenvalue weighted by Crippen LogP contribution is 2.39. The van der Waals surface area contributed by atoms with Crippen LogP contribution >= 0.6 is 0 Å². The molecule has 0 radical (unpaired) electrons. The number of fused-ring (bicyclic) bond motifs is 1. The van der Waals surface area contributed by atoms with E-state index >= 15 is 0 Å². The van der Waals surface area contributed by atoms with Gasteiger partial charge in [-0.1, -0.05) is 12.1 Å². The molecular weight excluding hydrogens is 428 g/mol. The Kier molecular flexibility index (Phi) is 6.30. The predicted octanol–water partition coefficient (Wildman–Crippen LogP) is 4.54. The molecule has 3 heterocycles. The van der Waals surface area contributed by atoms with E-state index in [1.54, 1.807) is 16.7 Å². The Hall–Kier alpha value is -2.93. The molecule has 5 rings (SSSR count). The first kappa shape index (κ1) is 22.8. The van der Waals surface area contributed by atoms with Crippen LogP contribution in [0, 0.1) is 5.92 Å². The van der Waals surface area contributed by atoms with Crippen LogP contribution < -0.4 is 15.1 Å². The highest BCUT2D eigenvalue weighted by atomic mass is 16.6. The van der Waals surface area contributed by atoms with Gasteiger partial charge in [-0.25, -0.2) is 4.79 Å². The van der Waals surface area contributed by atoms with E-state index in [9.17, 15) is 9.59 Å². The normalized spacial score (nSPS) is 24.5. The molecule has 1 saturated carbocycles. The summed E-state index contributed by atoms with van der Waals surface area (Å²) < 4.78 is 5.89. The number of nitrogens with zero attached hydrogens (tertiary/aromatic N) is 3. The Bertz CT molecular complexity index is 1060. The highest BCUT2D eigenvalue weighted by Gasteiger charge is 2.35. The van der Waals surface area contributed by atoms with E-state index in [0.29, 0.717) is 24.8 Å². The summed E-state index contributed by atoms with van der Waals surface area (Å²) in [4.78, 5) is 33.9. The third-order valence-corrected chi connectivity index (χ3v) is 7.21. The van der Waals surface area contributed by atoms with E-state index in [1.165, 1.54) is 12.8 Å². The third kappa shape index (κ3) is 4.80. The van der Waals surface area contributed by atoms with Crippen LogP contribution in [0.2, 0.25) is 0 Å². The second kappa shape index (κ2) is 9.37. The standard InChI is InChI=1S/C27H34N4O3/c1-17-4-10-24(15-28-17)34-27(33)30-16-18(2)31(19(3)32)25-11-8-21(13-26(25)30)22-7-9-23(29-14-22)12-20-5-6-20/h7-9,11,13-14,17-18,20,24,28H,4-6,10,12,15-16H2,1-3H3. The number of benzene rings is 1. The minimum Gasteiger partial charge on any atom is -0.444 e. The summed E-state index contributed by atoms with van der Waals surface area (Å²) >= 11 is 0. The Morgan fingerprint density at radius 3 is 2.50 bits per heavy atom. The number of amides is 2. The molecule has 1 aliphatic carbocycles. The maximum atomic E-state index is 13.3. The number of carbonyl (C=O) groups is 2. The Morgan fingerprint density at radius 2 is 1.85 bits per heavy atom. The number of carbonyl (C=O) groups excluding carboxylic acids is 2. The molecule has 7 heteroatoms. The van der Waals surface area contributed by atoms with Crippen molar-refractivity contribution in [1.29, 1.82) is 0 Å². The van der Waals surface area contributed by atoms with E-state index in [4.69, 9.17) is 4.74 Å². The molecule has 1 aromatic heterocycles. The van der Waals surface area contributed by atoms with Crippen LogP contribution in [0.1, 0.15) is 52.1 Å². The van der Waals surface area contributed by atoms with Crippen molar-refractivity contribution in [3.05, 3.63) is 42.2 Å². The number of anilines is 2. The molecule has 1 N–H and O–H groups in total. The fraction of sp³-hybridized carbons (Fsp3) is 0.519. The SMILES string of the molecule is CC(=O)N1c2ccc(-c3ccc(CC4CC4)nc3)cc2N(C(=O)OC2CCC(C)NC2)CC1C. The molecule has 2 aromatic rings. The molecule has 3 atom stereocenters. The molecule has 1 saturated heterocycles. The van der Waals surface area contributed by atoms with Gasteiger partial charge in [-0.15, -0.1) is 0 Å². The summed E-state index contributed by atoms with van der Waals surface area (Å²) in [5.74, 6) is 0.759. The fourth-order valence-electron chi connectivity index (χ4n) is 5.07. The summed E-state index contributed by atoms with van der Waals surface area (Å²) in [5.41, 5.74) is 4.53. The number of nitrogens with one attached hydrogen (secondary N) is 1. The maximum Gasteiger partial charge on any atom is 0.414 e. The van der Waals surface area contributed by atoms with Crippen LogP contribution in [0.5, 0.6) is 0 Å². The van der Waals surface area contributed by atoms with Gasteiger partial charge in [-0.2, -0.15) is 0 Å². The molecular formula is C27H34N4O3. The van der Waals surface area contributed by atoms with Crippen molar-refractivity contribution >= 4 is 23.4 Å². The van der Waals surface area contributed by atoms with Crippen LogP contribution in [-0.4, -0.2) is 48.3 Å². The summed E-state index contributed by atoms with van der Waals surface area (Å²) in [6.07, 6.45) is 6.91. The van der Waals surface area contributed by atoms with Gasteiger partial charge in [0, 0.05) is 43.5 Å². The van der Waals surface area contributed by atoms with Crippen molar-refractivity contribution in [2.24, 2.45) is 5.92 Å². The number of ether oxygens (including phenoxy) is 1. The zero-order valence-corrected chi connectivity index (χ0v) is 20.3. The van der Waals surface area contributed by atoms with Crippen molar-refractivity contribution in [3.8, 4) is 11.1 Å². The molecule has 0 bridgehead atoms. The highest BCUT2D eigenvalue weighted by molar-refractivity contribution is 6.03. The molecule has 180 valence electrons. The maximum absolute atomic E-state index is 13.3. The van der Waals surface area contributed by atoms with E-state index in [-0.39, 0.29) is 24.1 Å². The van der Waals surface area contributed by atoms with Crippen LogP contribution in [-0.2, 0) is 16.0 Å². The van der Waals surface area contributed by atoms with E-state index in [0.717, 1.165) is 47.7 Å². The van der Waals surface area contributed by atoms with Crippen LogP contribution in [0.3, 0.4) is 0 Å². The molecule has 7 nitrogen and oxygen atoms in total. The average molecular weight is 463 g/mol. The molecule has 34 heavy (non-hydrogen) atoms. The van der Waals surface area contributed by atoms with Crippen LogP contribution in [0.25, 0.3) is 11.1 Å². The van der Waals surface area contributed by atoms with Gasteiger partial charge >= 0.3 is 6.09 Å². The molecule has 0 spiro atoms. The van der Waals surface area contributed by atoms with E-state index in [1.807, 2.05) is 31.3 Å². The number of hydrogen-bond donors (Lipinski definition) is 1. The summed E-state index contributed by atoms with van der Waals surface area (Å²) in [7, 11) is 0. The lowest BCUT2D eigenvalue weighted by atomic mass is 10.0. The van der Waals surface area contributed by atoms with Crippen molar-refractivity contribution in [3.63, 3.8) is 0 Å². The van der Waals surface area contributed by atoms with Crippen molar-refractivity contribution in [2.75, 3.05) is 22.9 Å². The molecule has 3 unspecified atom stereocenters. The second-order valence-corrected chi connectivity index (χ2v) is 10.1. The number of piperidine rings is 1. The Labute approximate surface area is 201 Å². The lowest BCUT2D eigenvalue weighted by Gasteiger charge is -2.41. The summed E-state index contributed by atoms with van der Waals surface area (Å²) in [5, 5.41) is 3.39.